The SMILES string of the molecule is Cc1cccc(C(CBr)Cc2cccc3ccccc23)c1. The number of halogens is 1. The average Bonchev–Trinajstić information content (AvgIpc) is 2.52. The van der Waals surface area contributed by atoms with Crippen LogP contribution >= 0.6 is 15.9 Å². The molecule has 0 heterocycles. The summed E-state index contributed by atoms with van der Waals surface area (Å²) in [6.45, 7) is 2.16. The fourth-order valence-corrected chi connectivity index (χ4v) is 3.52. The number of hydrogen-bond donors (Lipinski definition) is 0. The van der Waals surface area contributed by atoms with Crippen molar-refractivity contribution in [2.45, 2.75) is 19.3 Å². The lowest BCUT2D eigenvalue weighted by molar-refractivity contribution is 0.779. The van der Waals surface area contributed by atoms with E-state index < -0.39 is 0 Å². The van der Waals surface area contributed by atoms with Gasteiger partial charge in [-0.25, -0.2) is 0 Å². The van der Waals surface area contributed by atoms with Crippen LogP contribution in [0.3, 0.4) is 0 Å². The number of aryl methyl sites for hydroxylation is 1. The minimum atomic E-state index is 0.510. The third-order valence-corrected chi connectivity index (χ3v) is 4.83. The number of fused-ring (bicyclic) bond motifs is 1. The fraction of sp³-hybridized carbons (Fsp3) is 0.200. The maximum absolute atomic E-state index is 3.70. The standard InChI is InChI=1S/C20H19Br/c1-15-6-4-9-17(12-15)19(14-21)13-18-10-5-8-16-7-2-3-11-20(16)18/h2-12,19H,13-14H2,1H3. The van der Waals surface area contributed by atoms with E-state index in [1.54, 1.807) is 0 Å². The van der Waals surface area contributed by atoms with Crippen LogP contribution in [0.25, 0.3) is 10.8 Å². The van der Waals surface area contributed by atoms with E-state index in [0.29, 0.717) is 5.92 Å². The van der Waals surface area contributed by atoms with Gasteiger partial charge in [0.1, 0.15) is 0 Å². The molecule has 0 aliphatic heterocycles. The van der Waals surface area contributed by atoms with Gasteiger partial charge in [0.15, 0.2) is 0 Å². The van der Waals surface area contributed by atoms with E-state index in [1.807, 2.05) is 0 Å². The van der Waals surface area contributed by atoms with Crippen LogP contribution < -0.4 is 0 Å². The predicted octanol–water partition coefficient (Wildman–Crippen LogP) is 5.87. The number of rotatable bonds is 4. The molecule has 0 aromatic heterocycles. The van der Waals surface area contributed by atoms with Crippen molar-refractivity contribution in [3.63, 3.8) is 0 Å². The molecule has 0 bridgehead atoms. The van der Waals surface area contributed by atoms with Gasteiger partial charge in [0.2, 0.25) is 0 Å². The van der Waals surface area contributed by atoms with Crippen molar-refractivity contribution in [2.75, 3.05) is 5.33 Å². The van der Waals surface area contributed by atoms with E-state index in [1.165, 1.54) is 27.5 Å². The molecule has 0 saturated heterocycles. The molecule has 0 nitrogen and oxygen atoms in total. The summed E-state index contributed by atoms with van der Waals surface area (Å²) in [5.41, 5.74) is 4.18. The summed E-state index contributed by atoms with van der Waals surface area (Å²) in [6.07, 6.45) is 1.07. The van der Waals surface area contributed by atoms with Gasteiger partial charge in [0.25, 0.3) is 0 Å². The molecule has 1 atom stereocenters. The van der Waals surface area contributed by atoms with Gasteiger partial charge in [0, 0.05) is 5.33 Å². The van der Waals surface area contributed by atoms with Gasteiger partial charge in [-0.3, -0.25) is 0 Å². The molecule has 1 heteroatoms. The van der Waals surface area contributed by atoms with Gasteiger partial charge in [-0.05, 0) is 41.2 Å². The van der Waals surface area contributed by atoms with Crippen LogP contribution in [0.15, 0.2) is 66.7 Å². The van der Waals surface area contributed by atoms with Crippen LogP contribution in [0.5, 0.6) is 0 Å². The second-order valence-electron chi connectivity index (χ2n) is 5.61. The van der Waals surface area contributed by atoms with E-state index >= 15 is 0 Å². The zero-order valence-electron chi connectivity index (χ0n) is 12.2. The van der Waals surface area contributed by atoms with Gasteiger partial charge in [-0.1, -0.05) is 88.2 Å². The van der Waals surface area contributed by atoms with E-state index in [9.17, 15) is 0 Å². The molecular weight excluding hydrogens is 320 g/mol. The summed E-state index contributed by atoms with van der Waals surface area (Å²) in [4.78, 5) is 0. The highest BCUT2D eigenvalue weighted by Crippen LogP contribution is 2.27. The predicted molar refractivity (Wildman–Crippen MR) is 95.4 cm³/mol. The molecule has 0 radical (unpaired) electrons. The smallest absolute Gasteiger partial charge is 0.0103 e. The Balaban J connectivity index is 1.96. The van der Waals surface area contributed by atoms with Crippen molar-refractivity contribution in [2.24, 2.45) is 0 Å². The van der Waals surface area contributed by atoms with E-state index in [2.05, 4.69) is 89.6 Å². The van der Waals surface area contributed by atoms with Gasteiger partial charge >= 0.3 is 0 Å². The molecule has 0 saturated carbocycles. The summed E-state index contributed by atoms with van der Waals surface area (Å²) in [7, 11) is 0. The second kappa shape index (κ2) is 6.44. The third-order valence-electron chi connectivity index (χ3n) is 4.05. The van der Waals surface area contributed by atoms with Crippen molar-refractivity contribution in [3.05, 3.63) is 83.4 Å². The molecule has 3 rings (SSSR count). The van der Waals surface area contributed by atoms with E-state index in [0.717, 1.165) is 11.8 Å². The van der Waals surface area contributed by atoms with Gasteiger partial charge in [-0.15, -0.1) is 0 Å². The van der Waals surface area contributed by atoms with Crippen molar-refractivity contribution in [1.82, 2.24) is 0 Å². The molecule has 1 unspecified atom stereocenters. The number of alkyl halides is 1. The first-order valence-corrected chi connectivity index (χ1v) is 8.49. The summed E-state index contributed by atoms with van der Waals surface area (Å²) in [5, 5.41) is 3.69. The Kier molecular flexibility index (Phi) is 4.40. The first-order chi connectivity index (χ1) is 10.3. The number of benzene rings is 3. The van der Waals surface area contributed by atoms with Crippen LogP contribution in [0, 0.1) is 6.92 Å². The topological polar surface area (TPSA) is 0 Å². The molecule has 3 aromatic carbocycles. The highest BCUT2D eigenvalue weighted by atomic mass is 79.9. The third kappa shape index (κ3) is 3.19. The zero-order valence-corrected chi connectivity index (χ0v) is 13.8. The van der Waals surface area contributed by atoms with Crippen molar-refractivity contribution < 1.29 is 0 Å². The lowest BCUT2D eigenvalue weighted by Crippen LogP contribution is -2.05. The lowest BCUT2D eigenvalue weighted by atomic mass is 9.90. The van der Waals surface area contributed by atoms with Crippen LogP contribution in [0.4, 0.5) is 0 Å². The molecule has 0 aliphatic rings. The van der Waals surface area contributed by atoms with Crippen molar-refractivity contribution in [3.8, 4) is 0 Å². The average molecular weight is 339 g/mol. The largest absolute Gasteiger partial charge is 0.0921 e. The van der Waals surface area contributed by atoms with Crippen molar-refractivity contribution in [1.29, 1.82) is 0 Å². The first kappa shape index (κ1) is 14.3. The monoisotopic (exact) mass is 338 g/mol. The Bertz CT molecular complexity index is 740. The van der Waals surface area contributed by atoms with Gasteiger partial charge in [0.05, 0.1) is 0 Å². The highest BCUT2D eigenvalue weighted by molar-refractivity contribution is 9.09. The minimum absolute atomic E-state index is 0.510. The van der Waals surface area contributed by atoms with Crippen LogP contribution in [-0.4, -0.2) is 5.33 Å². The maximum atomic E-state index is 3.70. The van der Waals surface area contributed by atoms with Crippen LogP contribution in [0.2, 0.25) is 0 Å². The Morgan fingerprint density at radius 2 is 1.67 bits per heavy atom. The lowest BCUT2D eigenvalue weighted by Gasteiger charge is -2.17. The molecule has 0 N–H and O–H groups in total. The van der Waals surface area contributed by atoms with Gasteiger partial charge in [-0.2, -0.15) is 0 Å². The summed E-state index contributed by atoms with van der Waals surface area (Å²) >= 11 is 3.70. The Hall–Kier alpha value is -1.60. The van der Waals surface area contributed by atoms with E-state index in [4.69, 9.17) is 0 Å². The zero-order chi connectivity index (χ0) is 14.7. The molecule has 3 aromatic rings. The van der Waals surface area contributed by atoms with E-state index in [-0.39, 0.29) is 0 Å². The van der Waals surface area contributed by atoms with Crippen LogP contribution in [-0.2, 0) is 6.42 Å². The Morgan fingerprint density at radius 1 is 0.905 bits per heavy atom. The molecule has 106 valence electrons. The summed E-state index contributed by atoms with van der Waals surface area (Å²) < 4.78 is 0. The normalized spacial score (nSPS) is 12.5. The van der Waals surface area contributed by atoms with Crippen LogP contribution in [0.1, 0.15) is 22.6 Å². The van der Waals surface area contributed by atoms with Crippen molar-refractivity contribution >= 4 is 26.7 Å². The Labute approximate surface area is 134 Å². The summed E-state index contributed by atoms with van der Waals surface area (Å²) in [5.74, 6) is 0.510. The van der Waals surface area contributed by atoms with Gasteiger partial charge < -0.3 is 0 Å². The molecular formula is C20H19Br. The molecule has 21 heavy (non-hydrogen) atoms. The molecule has 0 spiro atoms. The molecule has 0 amide bonds. The minimum Gasteiger partial charge on any atom is -0.0921 e. The first-order valence-electron chi connectivity index (χ1n) is 7.37. The summed E-state index contributed by atoms with van der Waals surface area (Å²) in [6, 6.07) is 24.1. The maximum Gasteiger partial charge on any atom is 0.0103 e. The quantitative estimate of drug-likeness (QED) is 0.522. The second-order valence-corrected chi connectivity index (χ2v) is 6.26. The highest BCUT2D eigenvalue weighted by Gasteiger charge is 2.12. The Morgan fingerprint density at radius 3 is 2.48 bits per heavy atom. The number of hydrogen-bond acceptors (Lipinski definition) is 0. The molecule has 0 aliphatic carbocycles. The molecule has 0 fully saturated rings. The fourth-order valence-electron chi connectivity index (χ4n) is 2.92.